The van der Waals surface area contributed by atoms with E-state index in [4.69, 9.17) is 4.74 Å². The smallest absolute Gasteiger partial charge is 0.274 e. The van der Waals surface area contributed by atoms with Gasteiger partial charge in [-0.05, 0) is 49.2 Å². The molecular weight excluding hydrogens is 340 g/mol. The molecule has 3 aromatic rings. The summed E-state index contributed by atoms with van der Waals surface area (Å²) in [5.41, 5.74) is 2.96. The van der Waals surface area contributed by atoms with Crippen molar-refractivity contribution in [2.24, 2.45) is 0 Å². The number of aryl methyl sites for hydroxylation is 1. The van der Waals surface area contributed by atoms with Crippen LogP contribution in [0.15, 0.2) is 60.7 Å². The fourth-order valence-corrected chi connectivity index (χ4v) is 2.60. The number of carbonyl (C=O) groups is 1. The molecule has 0 spiro atoms. The van der Waals surface area contributed by atoms with Gasteiger partial charge >= 0.3 is 0 Å². The van der Waals surface area contributed by atoms with Crippen LogP contribution in [0.4, 0.5) is 11.6 Å². The Morgan fingerprint density at radius 2 is 1.78 bits per heavy atom. The van der Waals surface area contributed by atoms with Gasteiger partial charge in [0, 0.05) is 17.9 Å². The maximum Gasteiger partial charge on any atom is 0.274 e. The summed E-state index contributed by atoms with van der Waals surface area (Å²) in [5.74, 6) is 0.901. The molecule has 0 fully saturated rings. The van der Waals surface area contributed by atoms with Gasteiger partial charge in [0.15, 0.2) is 0 Å². The maximum atomic E-state index is 12.5. The van der Waals surface area contributed by atoms with E-state index in [1.54, 1.807) is 37.4 Å². The zero-order chi connectivity index (χ0) is 19.1. The summed E-state index contributed by atoms with van der Waals surface area (Å²) < 4.78 is 5.12. The lowest BCUT2D eigenvalue weighted by Crippen LogP contribution is -2.16. The molecule has 138 valence electrons. The van der Waals surface area contributed by atoms with E-state index in [9.17, 15) is 4.79 Å². The van der Waals surface area contributed by atoms with E-state index in [2.05, 4.69) is 32.7 Å². The molecule has 0 atom stereocenters. The van der Waals surface area contributed by atoms with E-state index < -0.39 is 0 Å². The normalized spacial score (nSPS) is 10.3. The lowest BCUT2D eigenvalue weighted by molar-refractivity contribution is 0.102. The molecule has 2 N–H and O–H groups in total. The average Bonchev–Trinajstić information content (AvgIpc) is 2.69. The number of nitrogens with zero attached hydrogens (tertiary/aromatic N) is 2. The SMILES string of the molecule is COc1ccc(NC(=O)c2cc(C)nc(NCCc3ccccc3)n2)cc1. The van der Waals surface area contributed by atoms with Crippen molar-refractivity contribution in [2.75, 3.05) is 24.3 Å². The van der Waals surface area contributed by atoms with Crippen LogP contribution in [0.3, 0.4) is 0 Å². The summed E-state index contributed by atoms with van der Waals surface area (Å²) in [7, 11) is 1.60. The number of methoxy groups -OCH3 is 1. The number of hydrogen-bond donors (Lipinski definition) is 2. The van der Waals surface area contributed by atoms with Gasteiger partial charge in [0.2, 0.25) is 5.95 Å². The molecule has 3 rings (SSSR count). The molecule has 0 saturated carbocycles. The number of hydrogen-bond acceptors (Lipinski definition) is 5. The van der Waals surface area contributed by atoms with E-state index >= 15 is 0 Å². The first-order valence-corrected chi connectivity index (χ1v) is 8.73. The summed E-state index contributed by atoms with van der Waals surface area (Å²) in [5, 5.41) is 6.02. The van der Waals surface area contributed by atoms with Crippen LogP contribution in [-0.4, -0.2) is 29.5 Å². The van der Waals surface area contributed by atoms with Crippen LogP contribution < -0.4 is 15.4 Å². The minimum absolute atomic E-state index is 0.281. The first-order chi connectivity index (χ1) is 13.1. The Morgan fingerprint density at radius 3 is 2.48 bits per heavy atom. The molecule has 1 aromatic heterocycles. The number of ether oxygens (including phenoxy) is 1. The molecule has 0 bridgehead atoms. The topological polar surface area (TPSA) is 76.1 Å². The Morgan fingerprint density at radius 1 is 1.04 bits per heavy atom. The van der Waals surface area contributed by atoms with Crippen LogP contribution in [-0.2, 0) is 6.42 Å². The monoisotopic (exact) mass is 362 g/mol. The third-order valence-corrected chi connectivity index (χ3v) is 3.97. The van der Waals surface area contributed by atoms with Crippen molar-refractivity contribution < 1.29 is 9.53 Å². The van der Waals surface area contributed by atoms with Gasteiger partial charge < -0.3 is 15.4 Å². The first kappa shape index (κ1) is 18.4. The van der Waals surface area contributed by atoms with Gasteiger partial charge in [0.1, 0.15) is 11.4 Å². The van der Waals surface area contributed by atoms with Gasteiger partial charge in [-0.25, -0.2) is 9.97 Å². The first-order valence-electron chi connectivity index (χ1n) is 8.73. The molecule has 1 amide bonds. The molecule has 27 heavy (non-hydrogen) atoms. The minimum Gasteiger partial charge on any atom is -0.497 e. The van der Waals surface area contributed by atoms with Crippen molar-refractivity contribution in [3.8, 4) is 5.75 Å². The van der Waals surface area contributed by atoms with Crippen LogP contribution >= 0.6 is 0 Å². The Labute approximate surface area is 158 Å². The van der Waals surface area contributed by atoms with Gasteiger partial charge in [-0.2, -0.15) is 0 Å². The second-order valence-electron chi connectivity index (χ2n) is 6.06. The highest BCUT2D eigenvalue weighted by molar-refractivity contribution is 6.03. The van der Waals surface area contributed by atoms with Crippen LogP contribution in [0.1, 0.15) is 21.7 Å². The van der Waals surface area contributed by atoms with Crippen molar-refractivity contribution in [3.05, 3.63) is 77.6 Å². The summed E-state index contributed by atoms with van der Waals surface area (Å²) in [6, 6.07) is 19.0. The van der Waals surface area contributed by atoms with E-state index in [1.165, 1.54) is 5.56 Å². The molecule has 6 nitrogen and oxygen atoms in total. The quantitative estimate of drug-likeness (QED) is 0.670. The molecule has 1 heterocycles. The second kappa shape index (κ2) is 8.80. The predicted octanol–water partition coefficient (Wildman–Crippen LogP) is 3.70. The van der Waals surface area contributed by atoms with Crippen molar-refractivity contribution in [1.82, 2.24) is 9.97 Å². The zero-order valence-electron chi connectivity index (χ0n) is 15.4. The van der Waals surface area contributed by atoms with Gasteiger partial charge in [-0.3, -0.25) is 4.79 Å². The molecule has 2 aromatic carbocycles. The minimum atomic E-state index is -0.281. The third-order valence-electron chi connectivity index (χ3n) is 3.97. The third kappa shape index (κ3) is 5.28. The number of aromatic nitrogens is 2. The molecule has 0 unspecified atom stereocenters. The maximum absolute atomic E-state index is 12.5. The number of amides is 1. The number of benzene rings is 2. The van der Waals surface area contributed by atoms with Gasteiger partial charge in [-0.15, -0.1) is 0 Å². The molecule has 0 saturated heterocycles. The number of nitrogens with one attached hydrogen (secondary N) is 2. The largest absolute Gasteiger partial charge is 0.497 e. The summed E-state index contributed by atoms with van der Waals surface area (Å²) in [6.45, 7) is 2.53. The fraction of sp³-hybridized carbons (Fsp3) is 0.190. The van der Waals surface area contributed by atoms with Crippen LogP contribution in [0.25, 0.3) is 0 Å². The lowest BCUT2D eigenvalue weighted by Gasteiger charge is -2.09. The molecule has 6 heteroatoms. The molecule has 0 aliphatic rings. The molecular formula is C21H22N4O2. The van der Waals surface area contributed by atoms with E-state index in [-0.39, 0.29) is 5.91 Å². The highest BCUT2D eigenvalue weighted by Crippen LogP contribution is 2.16. The van der Waals surface area contributed by atoms with Gasteiger partial charge in [0.05, 0.1) is 7.11 Å². The van der Waals surface area contributed by atoms with Crippen molar-refractivity contribution >= 4 is 17.5 Å². The molecule has 0 aliphatic carbocycles. The van der Waals surface area contributed by atoms with Crippen LogP contribution in [0.2, 0.25) is 0 Å². The van der Waals surface area contributed by atoms with E-state index in [0.717, 1.165) is 17.9 Å². The summed E-state index contributed by atoms with van der Waals surface area (Å²) >= 11 is 0. The second-order valence-corrected chi connectivity index (χ2v) is 6.06. The Hall–Kier alpha value is -3.41. The number of rotatable bonds is 7. The lowest BCUT2D eigenvalue weighted by atomic mass is 10.1. The summed E-state index contributed by atoms with van der Waals surface area (Å²) in [6.07, 6.45) is 0.853. The van der Waals surface area contributed by atoms with Gasteiger partial charge in [0.25, 0.3) is 5.91 Å². The average molecular weight is 362 g/mol. The van der Waals surface area contributed by atoms with Crippen molar-refractivity contribution in [1.29, 1.82) is 0 Å². The summed E-state index contributed by atoms with van der Waals surface area (Å²) in [4.78, 5) is 21.2. The predicted molar refractivity (Wildman–Crippen MR) is 106 cm³/mol. The van der Waals surface area contributed by atoms with E-state index in [1.807, 2.05) is 25.1 Å². The Bertz CT molecular complexity index is 896. The highest BCUT2D eigenvalue weighted by Gasteiger charge is 2.11. The zero-order valence-corrected chi connectivity index (χ0v) is 15.4. The highest BCUT2D eigenvalue weighted by atomic mass is 16.5. The van der Waals surface area contributed by atoms with Crippen LogP contribution in [0.5, 0.6) is 5.75 Å². The van der Waals surface area contributed by atoms with Crippen molar-refractivity contribution in [2.45, 2.75) is 13.3 Å². The Balaban J connectivity index is 1.63. The van der Waals surface area contributed by atoms with Gasteiger partial charge in [-0.1, -0.05) is 30.3 Å². The van der Waals surface area contributed by atoms with Crippen LogP contribution in [0, 0.1) is 6.92 Å². The fourth-order valence-electron chi connectivity index (χ4n) is 2.60. The molecule has 0 radical (unpaired) electrons. The van der Waals surface area contributed by atoms with E-state index in [0.29, 0.717) is 23.9 Å². The number of carbonyl (C=O) groups excluding carboxylic acids is 1. The van der Waals surface area contributed by atoms with Crippen molar-refractivity contribution in [3.63, 3.8) is 0 Å². The molecule has 0 aliphatic heterocycles. The number of anilines is 2. The Kier molecular flexibility index (Phi) is 5.99. The standard InChI is InChI=1S/C21H22N4O2/c1-15-14-19(20(26)24-17-8-10-18(27-2)11-9-17)25-21(23-15)22-13-12-16-6-4-3-5-7-16/h3-11,14H,12-13H2,1-2H3,(H,24,26)(H,22,23,25).